The van der Waals surface area contributed by atoms with E-state index in [0.29, 0.717) is 22.8 Å². The molecule has 7 nitrogen and oxygen atoms in total. The average Bonchev–Trinajstić information content (AvgIpc) is 2.97. The Kier molecular flexibility index (Phi) is 6.88. The van der Waals surface area contributed by atoms with E-state index >= 15 is 0 Å². The summed E-state index contributed by atoms with van der Waals surface area (Å²) in [5, 5.41) is 13.2. The Morgan fingerprint density at radius 1 is 1.19 bits per heavy atom. The molecule has 32 heavy (non-hydrogen) atoms. The molecule has 0 saturated heterocycles. The maximum Gasteiger partial charge on any atom is 0.248 e. The number of carbonyl (C=O) groups excluding carboxylic acids is 1. The van der Waals surface area contributed by atoms with Crippen molar-refractivity contribution in [3.63, 3.8) is 0 Å². The molecule has 0 atom stereocenters. The minimum atomic E-state index is -3.88. The number of sulfonamides is 1. The Bertz CT molecular complexity index is 1330. The molecule has 1 aromatic heterocycles. The van der Waals surface area contributed by atoms with Crippen LogP contribution in [-0.4, -0.2) is 24.1 Å². The molecule has 0 saturated carbocycles. The largest absolute Gasteiger partial charge is 0.322 e. The van der Waals surface area contributed by atoms with Crippen LogP contribution >= 0.6 is 11.6 Å². The third kappa shape index (κ3) is 5.27. The maximum atomic E-state index is 12.6. The van der Waals surface area contributed by atoms with Crippen LogP contribution in [0.3, 0.4) is 0 Å². The lowest BCUT2D eigenvalue weighted by molar-refractivity contribution is -0.111. The van der Waals surface area contributed by atoms with Gasteiger partial charge < -0.3 is 5.32 Å². The molecule has 3 aromatic rings. The number of nitrogens with two attached hydrogens (primary N) is 1. The van der Waals surface area contributed by atoms with E-state index in [1.54, 1.807) is 19.9 Å². The molecule has 0 aliphatic heterocycles. The van der Waals surface area contributed by atoms with E-state index in [4.69, 9.17) is 16.7 Å². The van der Waals surface area contributed by atoms with Crippen LogP contribution in [0.4, 0.5) is 5.69 Å². The van der Waals surface area contributed by atoms with Crippen LogP contribution in [0.1, 0.15) is 33.6 Å². The number of aryl methyl sites for hydroxylation is 2. The van der Waals surface area contributed by atoms with Gasteiger partial charge in [-0.05, 0) is 68.7 Å². The average molecular weight is 473 g/mol. The molecule has 0 radical (unpaired) electrons. The first-order chi connectivity index (χ1) is 15.0. The molecule has 0 aliphatic carbocycles. The van der Waals surface area contributed by atoms with Crippen molar-refractivity contribution in [2.45, 2.75) is 39.1 Å². The van der Waals surface area contributed by atoms with Gasteiger partial charge in [-0.2, -0.15) is 5.10 Å². The number of nitrogens with one attached hydrogen (secondary N) is 1. The summed E-state index contributed by atoms with van der Waals surface area (Å²) in [6, 6.07) is 10.4. The summed E-state index contributed by atoms with van der Waals surface area (Å²) >= 11 is 6.26. The van der Waals surface area contributed by atoms with Crippen molar-refractivity contribution in [3.05, 3.63) is 81.1 Å². The van der Waals surface area contributed by atoms with E-state index < -0.39 is 15.9 Å². The number of primary sulfonamides is 1. The summed E-state index contributed by atoms with van der Waals surface area (Å²) < 4.78 is 25.3. The second-order valence-corrected chi connectivity index (χ2v) is 9.58. The third-order valence-electron chi connectivity index (χ3n) is 5.34. The van der Waals surface area contributed by atoms with E-state index in [1.165, 1.54) is 18.2 Å². The van der Waals surface area contributed by atoms with Gasteiger partial charge in [0.15, 0.2) is 0 Å². The predicted octanol–water partition coefficient (Wildman–Crippen LogP) is 4.12. The molecule has 0 fully saturated rings. The van der Waals surface area contributed by atoms with Crippen molar-refractivity contribution in [1.29, 1.82) is 0 Å². The zero-order chi connectivity index (χ0) is 23.6. The maximum absolute atomic E-state index is 12.6. The standard InChI is InChI=1S/C23H25ClN4O3S/c1-14-11-19(32(25,30)31)12-22(15(14)2)26-23(29)10-9-20-16(3)27-28(17(20)4)13-18-7-5-6-8-21(18)24/h5-12H,13H2,1-4H3,(H,26,29)(H2,25,30,31)/b10-9+. The van der Waals surface area contributed by atoms with Crippen LogP contribution in [0.2, 0.25) is 5.02 Å². The zero-order valence-electron chi connectivity index (χ0n) is 18.3. The number of amides is 1. The van der Waals surface area contributed by atoms with E-state index in [2.05, 4.69) is 10.4 Å². The highest BCUT2D eigenvalue weighted by molar-refractivity contribution is 7.89. The zero-order valence-corrected chi connectivity index (χ0v) is 19.9. The number of halogens is 1. The molecule has 0 unspecified atom stereocenters. The first kappa shape index (κ1) is 23.7. The van der Waals surface area contributed by atoms with Crippen LogP contribution in [0.25, 0.3) is 6.08 Å². The Balaban J connectivity index is 1.82. The molecule has 0 bridgehead atoms. The lowest BCUT2D eigenvalue weighted by Gasteiger charge is -2.11. The van der Waals surface area contributed by atoms with Gasteiger partial charge in [0, 0.05) is 28.0 Å². The Hall–Kier alpha value is -2.94. The highest BCUT2D eigenvalue weighted by Crippen LogP contribution is 2.24. The van der Waals surface area contributed by atoms with Crippen LogP contribution in [0.5, 0.6) is 0 Å². The highest BCUT2D eigenvalue weighted by atomic mass is 35.5. The summed E-state index contributed by atoms with van der Waals surface area (Å²) in [4.78, 5) is 12.5. The molecule has 1 heterocycles. The number of hydrogen-bond acceptors (Lipinski definition) is 4. The summed E-state index contributed by atoms with van der Waals surface area (Å²) in [6.07, 6.45) is 3.09. The van der Waals surface area contributed by atoms with Gasteiger partial charge in [-0.25, -0.2) is 13.6 Å². The smallest absolute Gasteiger partial charge is 0.248 e. The topological polar surface area (TPSA) is 107 Å². The minimum absolute atomic E-state index is 0.0487. The van der Waals surface area contributed by atoms with E-state index in [-0.39, 0.29) is 4.90 Å². The van der Waals surface area contributed by atoms with Crippen LogP contribution in [0, 0.1) is 27.7 Å². The Labute approximate surface area is 192 Å². The first-order valence-electron chi connectivity index (χ1n) is 9.88. The van der Waals surface area contributed by atoms with Crippen molar-refractivity contribution in [1.82, 2.24) is 9.78 Å². The molecular weight excluding hydrogens is 448 g/mol. The number of nitrogens with zero attached hydrogens (tertiary/aromatic N) is 2. The molecule has 3 N–H and O–H groups in total. The number of anilines is 1. The third-order valence-corrected chi connectivity index (χ3v) is 6.61. The molecule has 1 amide bonds. The quantitative estimate of drug-likeness (QED) is 0.526. The van der Waals surface area contributed by atoms with E-state index in [1.807, 2.05) is 42.8 Å². The van der Waals surface area contributed by atoms with Crippen molar-refractivity contribution in [2.24, 2.45) is 5.14 Å². The number of rotatable bonds is 6. The Morgan fingerprint density at radius 3 is 2.53 bits per heavy atom. The summed E-state index contributed by atoms with van der Waals surface area (Å²) in [6.45, 7) is 7.88. The van der Waals surface area contributed by atoms with Gasteiger partial charge in [-0.1, -0.05) is 29.8 Å². The van der Waals surface area contributed by atoms with E-state index in [9.17, 15) is 13.2 Å². The van der Waals surface area contributed by atoms with Gasteiger partial charge in [0.05, 0.1) is 17.1 Å². The fraction of sp³-hybridized carbons (Fsp3) is 0.217. The molecule has 2 aromatic carbocycles. The van der Waals surface area contributed by atoms with Crippen molar-refractivity contribution < 1.29 is 13.2 Å². The van der Waals surface area contributed by atoms with Gasteiger partial charge in [0.2, 0.25) is 15.9 Å². The molecule has 0 spiro atoms. The molecule has 168 valence electrons. The lowest BCUT2D eigenvalue weighted by atomic mass is 10.1. The highest BCUT2D eigenvalue weighted by Gasteiger charge is 2.14. The minimum Gasteiger partial charge on any atom is -0.322 e. The van der Waals surface area contributed by atoms with Gasteiger partial charge in [0.25, 0.3) is 0 Å². The Morgan fingerprint density at radius 2 is 1.88 bits per heavy atom. The summed E-state index contributed by atoms with van der Waals surface area (Å²) in [7, 11) is -3.88. The van der Waals surface area contributed by atoms with Gasteiger partial charge in [-0.3, -0.25) is 9.48 Å². The lowest BCUT2D eigenvalue weighted by Crippen LogP contribution is -2.15. The van der Waals surface area contributed by atoms with Crippen molar-refractivity contribution in [3.8, 4) is 0 Å². The fourth-order valence-corrected chi connectivity index (χ4v) is 4.17. The molecular formula is C23H25ClN4O3S. The van der Waals surface area contributed by atoms with Crippen molar-refractivity contribution >= 4 is 39.3 Å². The normalized spacial score (nSPS) is 11.8. The van der Waals surface area contributed by atoms with Gasteiger partial charge in [-0.15, -0.1) is 0 Å². The predicted molar refractivity (Wildman–Crippen MR) is 127 cm³/mol. The second-order valence-electron chi connectivity index (χ2n) is 7.61. The first-order valence-corrected chi connectivity index (χ1v) is 11.8. The van der Waals surface area contributed by atoms with Gasteiger partial charge in [0.1, 0.15) is 0 Å². The van der Waals surface area contributed by atoms with Crippen molar-refractivity contribution in [2.75, 3.05) is 5.32 Å². The number of hydrogen-bond donors (Lipinski definition) is 2. The fourth-order valence-electron chi connectivity index (χ4n) is 3.35. The van der Waals surface area contributed by atoms with Crippen LogP contribution < -0.4 is 10.5 Å². The molecule has 9 heteroatoms. The summed E-state index contributed by atoms with van der Waals surface area (Å²) in [5.74, 6) is -0.392. The molecule has 3 rings (SSSR count). The second kappa shape index (κ2) is 9.28. The monoisotopic (exact) mass is 472 g/mol. The molecule has 0 aliphatic rings. The van der Waals surface area contributed by atoms with Gasteiger partial charge >= 0.3 is 0 Å². The SMILES string of the molecule is Cc1cc(S(N)(=O)=O)cc(NC(=O)/C=C/c2c(C)nn(Cc3ccccc3Cl)c2C)c1C. The van der Waals surface area contributed by atoms with E-state index in [0.717, 1.165) is 28.1 Å². The van der Waals surface area contributed by atoms with Crippen LogP contribution in [0.15, 0.2) is 47.4 Å². The number of benzene rings is 2. The summed E-state index contributed by atoms with van der Waals surface area (Å²) in [5.41, 5.74) is 5.33. The van der Waals surface area contributed by atoms with Crippen LogP contribution in [-0.2, 0) is 21.4 Å². The number of aromatic nitrogens is 2. The number of carbonyl (C=O) groups is 1.